The number of hydrogen-bond acceptors (Lipinski definition) is 5. The van der Waals surface area contributed by atoms with E-state index in [4.69, 9.17) is 4.74 Å². The third-order valence-electron chi connectivity index (χ3n) is 2.99. The molecule has 0 atom stereocenters. The van der Waals surface area contributed by atoms with Crippen molar-refractivity contribution in [2.75, 3.05) is 13.2 Å². The number of ether oxygens (including phenoxy) is 1. The van der Waals surface area contributed by atoms with Crippen LogP contribution in [0.2, 0.25) is 0 Å². The number of carbonyl (C=O) groups excluding carboxylic acids is 1. The van der Waals surface area contributed by atoms with Crippen molar-refractivity contribution >= 4 is 55.9 Å². The Morgan fingerprint density at radius 2 is 2.04 bits per heavy atom. The molecule has 0 fully saturated rings. The minimum Gasteiger partial charge on any atom is -0.462 e. The number of aromatic nitrogens is 1. The van der Waals surface area contributed by atoms with Crippen LogP contribution in [0.1, 0.15) is 22.3 Å². The summed E-state index contributed by atoms with van der Waals surface area (Å²) in [5.41, 5.74) is 1.54. The molecule has 0 bridgehead atoms. The third kappa shape index (κ3) is 5.00. The second-order valence-electron chi connectivity index (χ2n) is 4.48. The van der Waals surface area contributed by atoms with E-state index in [1.165, 1.54) is 11.3 Å². The Bertz CT molecular complexity index is 723. The van der Waals surface area contributed by atoms with Crippen LogP contribution < -0.4 is 4.80 Å². The average molecular weight is 466 g/mol. The summed E-state index contributed by atoms with van der Waals surface area (Å²) in [5.74, 6) is -0.353. The average Bonchev–Trinajstić information content (AvgIpc) is 2.79. The molecule has 1 aromatic heterocycles. The number of thiazole rings is 1. The summed E-state index contributed by atoms with van der Waals surface area (Å²) in [4.78, 5) is 17.7. The molecule has 1 N–H and O–H groups in total. The zero-order valence-corrected chi connectivity index (χ0v) is 16.9. The molecule has 23 heavy (non-hydrogen) atoms. The summed E-state index contributed by atoms with van der Waals surface area (Å²) >= 11 is 4.66. The van der Waals surface area contributed by atoms with Gasteiger partial charge in [-0.25, -0.2) is 9.79 Å². The van der Waals surface area contributed by atoms with Gasteiger partial charge in [0.15, 0.2) is 4.80 Å². The Morgan fingerprint density at radius 3 is 2.61 bits per heavy atom. The van der Waals surface area contributed by atoms with Crippen molar-refractivity contribution in [3.8, 4) is 0 Å². The van der Waals surface area contributed by atoms with Gasteiger partial charge in [0, 0.05) is 16.7 Å². The number of rotatable bonds is 5. The summed E-state index contributed by atoms with van der Waals surface area (Å²) in [6.07, 6.45) is 0. The zero-order valence-electron chi connectivity index (χ0n) is 12.8. The summed E-state index contributed by atoms with van der Waals surface area (Å²) < 4.78 is 7.88. The number of aliphatic hydroxyl groups excluding tert-OH is 1. The van der Waals surface area contributed by atoms with Gasteiger partial charge in [-0.2, -0.15) is 0 Å². The van der Waals surface area contributed by atoms with Crippen molar-refractivity contribution in [1.82, 2.24) is 4.57 Å². The van der Waals surface area contributed by atoms with E-state index in [-0.39, 0.29) is 29.6 Å². The van der Waals surface area contributed by atoms with Gasteiger partial charge < -0.3 is 14.4 Å². The molecule has 0 spiro atoms. The summed E-state index contributed by atoms with van der Waals surface area (Å²) in [7, 11) is 0. The van der Waals surface area contributed by atoms with Crippen LogP contribution in [0.15, 0.2) is 33.7 Å². The van der Waals surface area contributed by atoms with Crippen molar-refractivity contribution in [1.29, 1.82) is 0 Å². The van der Waals surface area contributed by atoms with Crippen LogP contribution in [0, 0.1) is 6.92 Å². The van der Waals surface area contributed by atoms with Crippen LogP contribution in [0.3, 0.4) is 0 Å². The predicted molar refractivity (Wildman–Crippen MR) is 99.8 cm³/mol. The maximum atomic E-state index is 12.0. The maximum absolute atomic E-state index is 12.0. The summed E-state index contributed by atoms with van der Waals surface area (Å²) in [6, 6.07) is 7.57. The Morgan fingerprint density at radius 1 is 1.39 bits per heavy atom. The van der Waals surface area contributed by atoms with Crippen LogP contribution >= 0.6 is 44.2 Å². The third-order valence-corrected chi connectivity index (χ3v) is 4.68. The van der Waals surface area contributed by atoms with Gasteiger partial charge in [-0.1, -0.05) is 27.3 Å². The zero-order chi connectivity index (χ0) is 16.1. The van der Waals surface area contributed by atoms with Gasteiger partial charge in [0.1, 0.15) is 4.88 Å². The fourth-order valence-electron chi connectivity index (χ4n) is 1.94. The van der Waals surface area contributed by atoms with Crippen LogP contribution in [0.5, 0.6) is 0 Å². The van der Waals surface area contributed by atoms with Crippen LogP contribution in [-0.2, 0) is 11.3 Å². The highest BCUT2D eigenvalue weighted by Crippen LogP contribution is 2.18. The molecular formula is C15H18Br2N2O3S. The Kier molecular flexibility index (Phi) is 8.18. The first kappa shape index (κ1) is 20.1. The number of nitrogens with zero attached hydrogens (tertiary/aromatic N) is 2. The van der Waals surface area contributed by atoms with Crippen molar-refractivity contribution in [2.45, 2.75) is 20.4 Å². The maximum Gasteiger partial charge on any atom is 0.350 e. The van der Waals surface area contributed by atoms with Crippen molar-refractivity contribution in [3.05, 3.63) is 44.1 Å². The van der Waals surface area contributed by atoms with Gasteiger partial charge in [0.05, 0.1) is 18.9 Å². The topological polar surface area (TPSA) is 63.8 Å². The molecule has 1 aromatic carbocycles. The van der Waals surface area contributed by atoms with Crippen molar-refractivity contribution in [2.24, 2.45) is 4.99 Å². The van der Waals surface area contributed by atoms with Gasteiger partial charge in [0.25, 0.3) is 0 Å². The second-order valence-corrected chi connectivity index (χ2v) is 6.38. The molecule has 0 saturated heterocycles. The monoisotopic (exact) mass is 464 g/mol. The lowest BCUT2D eigenvalue weighted by Gasteiger charge is -2.04. The van der Waals surface area contributed by atoms with E-state index in [2.05, 4.69) is 20.9 Å². The van der Waals surface area contributed by atoms with E-state index in [9.17, 15) is 9.90 Å². The van der Waals surface area contributed by atoms with Gasteiger partial charge in [0.2, 0.25) is 0 Å². The van der Waals surface area contributed by atoms with Crippen LogP contribution in [0.4, 0.5) is 5.69 Å². The molecule has 0 aliphatic carbocycles. The van der Waals surface area contributed by atoms with E-state index in [1.807, 2.05) is 35.8 Å². The molecule has 126 valence electrons. The lowest BCUT2D eigenvalue weighted by molar-refractivity contribution is 0.0530. The quantitative estimate of drug-likeness (QED) is 0.686. The molecule has 5 nitrogen and oxygen atoms in total. The number of esters is 1. The van der Waals surface area contributed by atoms with Gasteiger partial charge in [-0.3, -0.25) is 0 Å². The molecule has 0 aliphatic heterocycles. The largest absolute Gasteiger partial charge is 0.462 e. The second kappa shape index (κ2) is 9.36. The fourth-order valence-corrected chi connectivity index (χ4v) is 3.28. The van der Waals surface area contributed by atoms with E-state index in [0.29, 0.717) is 22.8 Å². The van der Waals surface area contributed by atoms with Gasteiger partial charge in [-0.15, -0.1) is 17.0 Å². The first-order valence-corrected chi connectivity index (χ1v) is 8.46. The fraction of sp³-hybridized carbons (Fsp3) is 0.333. The van der Waals surface area contributed by atoms with Crippen molar-refractivity contribution in [3.63, 3.8) is 0 Å². The molecule has 8 heteroatoms. The summed E-state index contributed by atoms with van der Waals surface area (Å²) in [5, 5.41) is 9.24. The minimum absolute atomic E-state index is 0. The highest BCUT2D eigenvalue weighted by Gasteiger charge is 2.17. The van der Waals surface area contributed by atoms with Gasteiger partial charge in [-0.05, 0) is 38.1 Å². The van der Waals surface area contributed by atoms with Gasteiger partial charge >= 0.3 is 5.97 Å². The van der Waals surface area contributed by atoms with E-state index < -0.39 is 0 Å². The number of carbonyl (C=O) groups is 1. The normalized spacial score (nSPS) is 11.2. The van der Waals surface area contributed by atoms with E-state index in [0.717, 1.165) is 15.9 Å². The smallest absolute Gasteiger partial charge is 0.350 e. The first-order valence-electron chi connectivity index (χ1n) is 6.85. The number of benzene rings is 1. The first-order chi connectivity index (χ1) is 10.6. The Hall–Kier alpha value is -0.960. The highest BCUT2D eigenvalue weighted by molar-refractivity contribution is 9.10. The molecule has 2 rings (SSSR count). The molecule has 0 aliphatic rings. The van der Waals surface area contributed by atoms with Crippen LogP contribution in [-0.4, -0.2) is 28.9 Å². The molecule has 1 heterocycles. The minimum atomic E-state index is -0.353. The standard InChI is InChI=1S/C15H17BrN2O3S.BrH/c1-3-21-14(20)13-10(2)18(8-9-19)15(22-13)17-12-6-4-11(16)5-7-12;/h4-7,19H,3,8-9H2,1-2H3;1H. The lowest BCUT2D eigenvalue weighted by atomic mass is 10.3. The number of halogens is 2. The molecule has 0 unspecified atom stereocenters. The molecule has 0 radical (unpaired) electrons. The predicted octanol–water partition coefficient (Wildman–Crippen LogP) is 3.60. The number of hydrogen-bond donors (Lipinski definition) is 1. The van der Waals surface area contributed by atoms with Crippen molar-refractivity contribution < 1.29 is 14.6 Å². The molecule has 0 amide bonds. The number of aliphatic hydroxyl groups is 1. The Balaban J connectivity index is 0.00000264. The molecule has 2 aromatic rings. The van der Waals surface area contributed by atoms with E-state index in [1.54, 1.807) is 6.92 Å². The SMILES string of the molecule is Br.CCOC(=O)c1sc(=Nc2ccc(Br)cc2)n(CCO)c1C. The molecular weight excluding hydrogens is 448 g/mol. The molecule has 0 saturated carbocycles. The highest BCUT2D eigenvalue weighted by atomic mass is 79.9. The lowest BCUT2D eigenvalue weighted by Crippen LogP contribution is -2.18. The van der Waals surface area contributed by atoms with Crippen LogP contribution in [0.25, 0.3) is 0 Å². The summed E-state index contributed by atoms with van der Waals surface area (Å²) in [6.45, 7) is 4.30. The van der Waals surface area contributed by atoms with E-state index >= 15 is 0 Å². The Labute approximate surface area is 157 Å².